The van der Waals surface area contributed by atoms with Gasteiger partial charge in [-0.15, -0.1) is 0 Å². The molecule has 0 aromatic carbocycles. The van der Waals surface area contributed by atoms with E-state index >= 15 is 0 Å². The van der Waals surface area contributed by atoms with Crippen molar-refractivity contribution in [1.82, 2.24) is 5.32 Å². The van der Waals surface area contributed by atoms with Gasteiger partial charge in [0, 0.05) is 13.2 Å². The predicted molar refractivity (Wildman–Crippen MR) is 66.1 cm³/mol. The molecule has 1 saturated heterocycles. The van der Waals surface area contributed by atoms with Crippen molar-refractivity contribution in [2.24, 2.45) is 11.7 Å². The molecule has 0 saturated carbocycles. The van der Waals surface area contributed by atoms with E-state index in [0.717, 1.165) is 0 Å². The highest BCUT2D eigenvalue weighted by atomic mass is 19.4. The van der Waals surface area contributed by atoms with Gasteiger partial charge in [0.25, 0.3) is 0 Å². The maximum Gasteiger partial charge on any atom is 0.408 e. The number of amides is 1. The van der Waals surface area contributed by atoms with Crippen LogP contribution in [0, 0.1) is 5.92 Å². The minimum absolute atomic E-state index is 0.0492. The molecule has 1 amide bonds. The molecule has 0 bridgehead atoms. The summed E-state index contributed by atoms with van der Waals surface area (Å²) in [4.78, 5) is 11.8. The smallest absolute Gasteiger partial charge is 0.408 e. The largest absolute Gasteiger partial charge is 0.444 e. The summed E-state index contributed by atoms with van der Waals surface area (Å²) in [5.41, 5.74) is 2.91. The van der Waals surface area contributed by atoms with Crippen molar-refractivity contribution in [3.8, 4) is 0 Å². The highest BCUT2D eigenvalue weighted by Crippen LogP contribution is 2.38. The van der Waals surface area contributed by atoms with Crippen LogP contribution >= 0.6 is 0 Å². The summed E-state index contributed by atoms with van der Waals surface area (Å²) in [7, 11) is 0. The van der Waals surface area contributed by atoms with Gasteiger partial charge < -0.3 is 20.5 Å². The van der Waals surface area contributed by atoms with Crippen LogP contribution in [0.25, 0.3) is 0 Å². The van der Waals surface area contributed by atoms with Gasteiger partial charge in [-0.1, -0.05) is 0 Å². The first-order valence-corrected chi connectivity index (χ1v) is 6.36. The van der Waals surface area contributed by atoms with E-state index in [1.807, 2.05) is 0 Å². The van der Waals surface area contributed by atoms with Gasteiger partial charge in [0.15, 0.2) is 0 Å². The predicted octanol–water partition coefficient (Wildman–Crippen LogP) is 1.81. The van der Waals surface area contributed by atoms with Gasteiger partial charge in [-0.2, -0.15) is 13.2 Å². The van der Waals surface area contributed by atoms with E-state index in [1.165, 1.54) is 0 Å². The summed E-state index contributed by atoms with van der Waals surface area (Å²) in [5.74, 6) is -1.87. The van der Waals surface area contributed by atoms with Crippen LogP contribution in [0.1, 0.15) is 27.2 Å². The number of nitrogens with one attached hydrogen (secondary N) is 1. The van der Waals surface area contributed by atoms with E-state index in [0.29, 0.717) is 0 Å². The number of carbonyl (C=O) groups excluding carboxylic acids is 1. The van der Waals surface area contributed by atoms with Crippen molar-refractivity contribution < 1.29 is 27.4 Å². The first-order chi connectivity index (χ1) is 9.00. The average molecular weight is 298 g/mol. The van der Waals surface area contributed by atoms with E-state index in [2.05, 4.69) is 5.32 Å². The minimum atomic E-state index is -4.52. The fourth-order valence-electron chi connectivity index (χ4n) is 2.22. The Kier molecular flexibility index (Phi) is 4.91. The number of halogens is 3. The molecule has 118 valence electrons. The number of alkyl carbamates (subject to hydrolysis) is 1. The Morgan fingerprint density at radius 3 is 2.40 bits per heavy atom. The van der Waals surface area contributed by atoms with Crippen molar-refractivity contribution >= 4 is 6.09 Å². The number of hydrogen-bond donors (Lipinski definition) is 2. The summed E-state index contributed by atoms with van der Waals surface area (Å²) < 4.78 is 49.3. The second-order valence-corrected chi connectivity index (χ2v) is 5.92. The van der Waals surface area contributed by atoms with Gasteiger partial charge >= 0.3 is 12.3 Å². The molecule has 2 atom stereocenters. The molecule has 1 heterocycles. The van der Waals surface area contributed by atoms with Crippen molar-refractivity contribution in [1.29, 1.82) is 0 Å². The highest BCUT2D eigenvalue weighted by Gasteiger charge is 2.55. The Balaban J connectivity index is 2.90. The molecule has 0 radical (unpaired) electrons. The van der Waals surface area contributed by atoms with Crippen LogP contribution in [0.15, 0.2) is 0 Å². The minimum Gasteiger partial charge on any atom is -0.444 e. The molecule has 5 nitrogen and oxygen atoms in total. The number of nitrogens with two attached hydrogens (primary N) is 1. The quantitative estimate of drug-likeness (QED) is 0.833. The maximum atomic E-state index is 13.1. The van der Waals surface area contributed by atoms with Crippen molar-refractivity contribution in [3.05, 3.63) is 0 Å². The Morgan fingerprint density at radius 1 is 1.45 bits per heavy atom. The van der Waals surface area contributed by atoms with Crippen LogP contribution < -0.4 is 11.1 Å². The molecule has 20 heavy (non-hydrogen) atoms. The zero-order chi connectivity index (χ0) is 15.6. The average Bonchev–Trinajstić information content (AvgIpc) is 2.61. The molecule has 0 spiro atoms. The summed E-state index contributed by atoms with van der Waals surface area (Å²) in [6.45, 7) is 4.19. The summed E-state index contributed by atoms with van der Waals surface area (Å²) in [6.07, 6.45) is -5.36. The zero-order valence-corrected chi connectivity index (χ0v) is 11.8. The Bertz CT molecular complexity index is 347. The molecule has 1 fully saturated rings. The fourth-order valence-corrected chi connectivity index (χ4v) is 2.22. The van der Waals surface area contributed by atoms with Crippen LogP contribution in [0.5, 0.6) is 0 Å². The zero-order valence-electron chi connectivity index (χ0n) is 11.8. The fraction of sp³-hybridized carbons (Fsp3) is 0.917. The third-order valence-electron chi connectivity index (χ3n) is 3.10. The van der Waals surface area contributed by atoms with E-state index < -0.39 is 35.9 Å². The molecular formula is C12H21F3N2O3. The number of hydrogen-bond acceptors (Lipinski definition) is 4. The summed E-state index contributed by atoms with van der Waals surface area (Å²) in [5, 5.41) is 2.32. The third kappa shape index (κ3) is 4.24. The topological polar surface area (TPSA) is 73.6 Å². The Labute approximate surface area is 116 Å². The van der Waals surface area contributed by atoms with E-state index in [1.54, 1.807) is 20.8 Å². The molecule has 2 unspecified atom stereocenters. The van der Waals surface area contributed by atoms with Crippen LogP contribution in [-0.2, 0) is 9.47 Å². The molecular weight excluding hydrogens is 277 g/mol. The van der Waals surface area contributed by atoms with Gasteiger partial charge in [0.1, 0.15) is 5.60 Å². The van der Waals surface area contributed by atoms with Gasteiger partial charge in [-0.05, 0) is 27.2 Å². The van der Waals surface area contributed by atoms with E-state index in [-0.39, 0.29) is 19.6 Å². The first-order valence-electron chi connectivity index (χ1n) is 6.36. The molecule has 1 rings (SSSR count). The molecule has 0 aromatic rings. The van der Waals surface area contributed by atoms with Crippen molar-refractivity contribution in [2.45, 2.75) is 44.5 Å². The van der Waals surface area contributed by atoms with Crippen molar-refractivity contribution in [3.63, 3.8) is 0 Å². The number of carbonyl (C=O) groups is 1. The van der Waals surface area contributed by atoms with Crippen LogP contribution in [0.4, 0.5) is 18.0 Å². The lowest BCUT2D eigenvalue weighted by Crippen LogP contribution is -2.61. The number of alkyl halides is 3. The summed E-state index contributed by atoms with van der Waals surface area (Å²) >= 11 is 0. The highest BCUT2D eigenvalue weighted by molar-refractivity contribution is 5.69. The SMILES string of the molecule is CC(C)(C)OC(=O)NC1(C(CN)C(F)(F)F)CCOC1. The molecule has 0 aromatic heterocycles. The van der Waals surface area contributed by atoms with E-state index in [4.69, 9.17) is 15.2 Å². The lowest BCUT2D eigenvalue weighted by molar-refractivity contribution is -0.192. The maximum absolute atomic E-state index is 13.1. The van der Waals surface area contributed by atoms with Crippen LogP contribution in [0.3, 0.4) is 0 Å². The first kappa shape index (κ1) is 17.0. The molecule has 8 heteroatoms. The third-order valence-corrected chi connectivity index (χ3v) is 3.10. The van der Waals surface area contributed by atoms with Gasteiger partial charge in [-0.25, -0.2) is 4.79 Å². The van der Waals surface area contributed by atoms with E-state index in [9.17, 15) is 18.0 Å². The van der Waals surface area contributed by atoms with Gasteiger partial charge in [0.05, 0.1) is 18.1 Å². The normalized spacial score (nSPS) is 25.4. The lowest BCUT2D eigenvalue weighted by atomic mass is 9.82. The van der Waals surface area contributed by atoms with Crippen LogP contribution in [-0.4, -0.2) is 43.2 Å². The van der Waals surface area contributed by atoms with Gasteiger partial charge in [-0.3, -0.25) is 0 Å². The lowest BCUT2D eigenvalue weighted by Gasteiger charge is -2.37. The molecule has 1 aliphatic heterocycles. The Hall–Kier alpha value is -1.02. The Morgan fingerprint density at radius 2 is 2.05 bits per heavy atom. The number of ether oxygens (including phenoxy) is 2. The van der Waals surface area contributed by atoms with Crippen molar-refractivity contribution in [2.75, 3.05) is 19.8 Å². The standard InChI is InChI=1S/C12H21F3N2O3/c1-10(2,3)20-9(18)17-11(4-5-19-7-11)8(6-16)12(13,14)15/h8H,4-7,16H2,1-3H3,(H,17,18). The molecule has 1 aliphatic rings. The molecule has 0 aliphatic carbocycles. The summed E-state index contributed by atoms with van der Waals surface area (Å²) in [6, 6.07) is 0. The van der Waals surface area contributed by atoms with Gasteiger partial charge in [0.2, 0.25) is 0 Å². The number of rotatable bonds is 3. The monoisotopic (exact) mass is 298 g/mol. The molecule has 3 N–H and O–H groups in total. The van der Waals surface area contributed by atoms with Crippen LogP contribution in [0.2, 0.25) is 0 Å². The second-order valence-electron chi connectivity index (χ2n) is 5.92. The second kappa shape index (κ2) is 5.77.